The van der Waals surface area contributed by atoms with Crippen LogP contribution < -0.4 is 4.72 Å². The standard InChI is InChI=1S/C21H27NO4S/c1-17-12-14-20(15-13-17)27(24,25)22-19(16-21(23)26-2)11-7-6-10-18-8-4-3-5-9-18/h3-5,8-9,12-15,19,22H,6-7,10-11,16H2,1-2H3/t19-/m0/s1. The quantitative estimate of drug-likeness (QED) is 0.498. The smallest absolute Gasteiger partial charge is 0.307 e. The minimum atomic E-state index is -3.68. The number of unbranched alkanes of at least 4 members (excludes halogenated alkanes) is 1. The second-order valence-corrected chi connectivity index (χ2v) is 8.36. The highest BCUT2D eigenvalue weighted by atomic mass is 32.2. The number of hydrogen-bond donors (Lipinski definition) is 1. The third-order valence-electron chi connectivity index (χ3n) is 4.40. The van der Waals surface area contributed by atoms with Crippen LogP contribution in [0.2, 0.25) is 0 Å². The van der Waals surface area contributed by atoms with Crippen LogP contribution in [0.15, 0.2) is 59.5 Å². The molecule has 6 heteroatoms. The third kappa shape index (κ3) is 7.15. The van der Waals surface area contributed by atoms with E-state index < -0.39 is 22.0 Å². The number of nitrogens with one attached hydrogen (secondary N) is 1. The summed E-state index contributed by atoms with van der Waals surface area (Å²) >= 11 is 0. The summed E-state index contributed by atoms with van der Waals surface area (Å²) in [6, 6.07) is 16.3. The molecule has 146 valence electrons. The molecule has 0 radical (unpaired) electrons. The fraction of sp³-hybridized carbons (Fsp3) is 0.381. The topological polar surface area (TPSA) is 72.5 Å². The Morgan fingerprint density at radius 2 is 1.70 bits per heavy atom. The van der Waals surface area contributed by atoms with Crippen LogP contribution in [0.3, 0.4) is 0 Å². The molecule has 2 aromatic rings. The van der Waals surface area contributed by atoms with Crippen LogP contribution in [-0.4, -0.2) is 27.5 Å². The predicted octanol–water partition coefficient (Wildman–Crippen LogP) is 3.62. The number of carbonyl (C=O) groups excluding carboxylic acids is 1. The van der Waals surface area contributed by atoms with Gasteiger partial charge in [-0.3, -0.25) is 4.79 Å². The molecule has 1 atom stereocenters. The molecular formula is C21H27NO4S. The van der Waals surface area contributed by atoms with Crippen LogP contribution in [0.1, 0.15) is 36.8 Å². The lowest BCUT2D eigenvalue weighted by Crippen LogP contribution is -2.36. The lowest BCUT2D eigenvalue weighted by molar-refractivity contribution is -0.141. The molecule has 0 aliphatic carbocycles. The van der Waals surface area contributed by atoms with Crippen molar-refractivity contribution in [3.05, 3.63) is 65.7 Å². The van der Waals surface area contributed by atoms with Gasteiger partial charge < -0.3 is 4.74 Å². The van der Waals surface area contributed by atoms with E-state index in [1.54, 1.807) is 24.3 Å². The molecule has 0 amide bonds. The van der Waals surface area contributed by atoms with Crippen molar-refractivity contribution in [1.82, 2.24) is 4.72 Å². The Bertz CT molecular complexity index is 817. The average Bonchev–Trinajstić information content (AvgIpc) is 2.66. The molecule has 0 aliphatic heterocycles. The SMILES string of the molecule is COC(=O)C[C@H](CCCCc1ccccc1)NS(=O)(=O)c1ccc(C)cc1. The zero-order valence-corrected chi connectivity index (χ0v) is 16.7. The summed E-state index contributed by atoms with van der Waals surface area (Å²) in [6.45, 7) is 1.90. The van der Waals surface area contributed by atoms with Gasteiger partial charge in [-0.15, -0.1) is 0 Å². The van der Waals surface area contributed by atoms with Gasteiger partial charge in [0.05, 0.1) is 18.4 Å². The predicted molar refractivity (Wildman–Crippen MR) is 106 cm³/mol. The molecular weight excluding hydrogens is 362 g/mol. The molecule has 0 aromatic heterocycles. The van der Waals surface area contributed by atoms with Gasteiger partial charge in [-0.1, -0.05) is 54.4 Å². The molecule has 5 nitrogen and oxygen atoms in total. The summed E-state index contributed by atoms with van der Waals surface area (Å²) < 4.78 is 32.6. The highest BCUT2D eigenvalue weighted by Gasteiger charge is 2.22. The summed E-state index contributed by atoms with van der Waals surface area (Å²) in [6.07, 6.45) is 3.26. The monoisotopic (exact) mass is 389 g/mol. The van der Waals surface area contributed by atoms with Crippen molar-refractivity contribution in [2.75, 3.05) is 7.11 Å². The molecule has 0 saturated heterocycles. The summed E-state index contributed by atoms with van der Waals surface area (Å²) in [5.74, 6) is -0.422. The second-order valence-electron chi connectivity index (χ2n) is 6.64. The van der Waals surface area contributed by atoms with Gasteiger partial charge in [0.25, 0.3) is 0 Å². The molecule has 0 spiro atoms. The Kier molecular flexibility index (Phi) is 8.00. The van der Waals surface area contributed by atoms with Crippen molar-refractivity contribution in [1.29, 1.82) is 0 Å². The fourth-order valence-corrected chi connectivity index (χ4v) is 4.13. The van der Waals surface area contributed by atoms with Crippen molar-refractivity contribution < 1.29 is 17.9 Å². The highest BCUT2D eigenvalue weighted by molar-refractivity contribution is 7.89. The van der Waals surface area contributed by atoms with E-state index in [0.717, 1.165) is 24.8 Å². The summed E-state index contributed by atoms with van der Waals surface area (Å²) in [7, 11) is -2.37. The first-order chi connectivity index (χ1) is 12.9. The van der Waals surface area contributed by atoms with Gasteiger partial charge in [0, 0.05) is 6.04 Å². The normalized spacial score (nSPS) is 12.5. The van der Waals surface area contributed by atoms with Crippen molar-refractivity contribution in [3.8, 4) is 0 Å². The first-order valence-corrected chi connectivity index (χ1v) is 10.6. The minimum Gasteiger partial charge on any atom is -0.469 e. The van der Waals surface area contributed by atoms with Crippen LogP contribution in [0.25, 0.3) is 0 Å². The van der Waals surface area contributed by atoms with Crippen molar-refractivity contribution in [3.63, 3.8) is 0 Å². The Balaban J connectivity index is 1.96. The van der Waals surface area contributed by atoms with E-state index in [2.05, 4.69) is 16.9 Å². The van der Waals surface area contributed by atoms with Crippen LogP contribution >= 0.6 is 0 Å². The van der Waals surface area contributed by atoms with Crippen LogP contribution in [0.5, 0.6) is 0 Å². The van der Waals surface area contributed by atoms with Gasteiger partial charge in [-0.05, 0) is 43.9 Å². The molecule has 2 rings (SSSR count). The number of sulfonamides is 1. The molecule has 0 aliphatic rings. The summed E-state index contributed by atoms with van der Waals surface area (Å²) in [4.78, 5) is 11.9. The van der Waals surface area contributed by atoms with E-state index in [9.17, 15) is 13.2 Å². The zero-order valence-electron chi connectivity index (χ0n) is 15.9. The maximum Gasteiger partial charge on any atom is 0.307 e. The van der Waals surface area contributed by atoms with Crippen LogP contribution in [0, 0.1) is 6.92 Å². The molecule has 0 heterocycles. The van der Waals surface area contributed by atoms with Gasteiger partial charge in [0.15, 0.2) is 0 Å². The summed E-state index contributed by atoms with van der Waals surface area (Å²) in [5, 5.41) is 0. The van der Waals surface area contributed by atoms with E-state index in [0.29, 0.717) is 6.42 Å². The van der Waals surface area contributed by atoms with E-state index >= 15 is 0 Å². The van der Waals surface area contributed by atoms with Crippen molar-refractivity contribution >= 4 is 16.0 Å². The number of aryl methyl sites for hydroxylation is 2. The number of esters is 1. The van der Waals surface area contributed by atoms with Crippen LogP contribution in [0.4, 0.5) is 0 Å². The first kappa shape index (κ1) is 21.1. The Hall–Kier alpha value is -2.18. The largest absolute Gasteiger partial charge is 0.469 e. The zero-order chi connectivity index (χ0) is 19.7. The van der Waals surface area contributed by atoms with E-state index in [1.165, 1.54) is 12.7 Å². The van der Waals surface area contributed by atoms with Crippen LogP contribution in [-0.2, 0) is 26.0 Å². The van der Waals surface area contributed by atoms with E-state index in [-0.39, 0.29) is 11.3 Å². The molecule has 1 N–H and O–H groups in total. The maximum absolute atomic E-state index is 12.6. The Morgan fingerprint density at radius 3 is 2.33 bits per heavy atom. The molecule has 0 unspecified atom stereocenters. The lowest BCUT2D eigenvalue weighted by atomic mass is 10.0. The van der Waals surface area contributed by atoms with Gasteiger partial charge in [-0.2, -0.15) is 0 Å². The number of benzene rings is 2. The molecule has 27 heavy (non-hydrogen) atoms. The average molecular weight is 390 g/mol. The number of carbonyl (C=O) groups is 1. The number of methoxy groups -OCH3 is 1. The molecule has 0 bridgehead atoms. The van der Waals surface area contributed by atoms with Crippen molar-refractivity contribution in [2.24, 2.45) is 0 Å². The highest BCUT2D eigenvalue weighted by Crippen LogP contribution is 2.15. The van der Waals surface area contributed by atoms with Gasteiger partial charge >= 0.3 is 5.97 Å². The number of hydrogen-bond acceptors (Lipinski definition) is 4. The van der Waals surface area contributed by atoms with Gasteiger partial charge in [0.2, 0.25) is 10.0 Å². The Morgan fingerprint density at radius 1 is 1.04 bits per heavy atom. The molecule has 0 fully saturated rings. The van der Waals surface area contributed by atoms with E-state index in [4.69, 9.17) is 4.74 Å². The molecule has 2 aromatic carbocycles. The van der Waals surface area contributed by atoms with Gasteiger partial charge in [-0.25, -0.2) is 13.1 Å². The Labute approximate surface area is 161 Å². The number of rotatable bonds is 10. The van der Waals surface area contributed by atoms with E-state index in [1.807, 2.05) is 25.1 Å². The second kappa shape index (κ2) is 10.2. The maximum atomic E-state index is 12.6. The number of ether oxygens (including phenoxy) is 1. The lowest BCUT2D eigenvalue weighted by Gasteiger charge is -2.18. The minimum absolute atomic E-state index is 0.0208. The first-order valence-electron chi connectivity index (χ1n) is 9.10. The molecule has 0 saturated carbocycles. The van der Waals surface area contributed by atoms with Gasteiger partial charge in [0.1, 0.15) is 0 Å². The summed E-state index contributed by atoms with van der Waals surface area (Å²) in [5.41, 5.74) is 2.24. The fourth-order valence-electron chi connectivity index (χ4n) is 2.86. The third-order valence-corrected chi connectivity index (χ3v) is 5.94. The van der Waals surface area contributed by atoms with Crippen molar-refractivity contribution in [2.45, 2.75) is 50.0 Å².